The Labute approximate surface area is 179 Å². The van der Waals surface area contributed by atoms with Gasteiger partial charge in [-0.25, -0.2) is 13.8 Å². The van der Waals surface area contributed by atoms with Crippen LogP contribution in [-0.2, 0) is 24.2 Å². The fraction of sp³-hybridized carbons (Fsp3) is 0.217. The van der Waals surface area contributed by atoms with Gasteiger partial charge in [-0.1, -0.05) is 12.1 Å². The number of hydrogen-bond acceptors (Lipinski definition) is 5. The zero-order valence-corrected chi connectivity index (χ0v) is 17.0. The molecule has 0 unspecified atom stereocenters. The lowest BCUT2D eigenvalue weighted by Gasteiger charge is -2.14. The monoisotopic (exact) mass is 425 g/mol. The van der Waals surface area contributed by atoms with Crippen molar-refractivity contribution in [3.8, 4) is 0 Å². The Hall–Kier alpha value is -3.52. The van der Waals surface area contributed by atoms with Crippen LogP contribution >= 0.6 is 0 Å². The van der Waals surface area contributed by atoms with E-state index in [1.54, 1.807) is 12.3 Å². The third kappa shape index (κ3) is 6.75. The maximum Gasteiger partial charge on any atom is 0.221 e. The number of amides is 1. The van der Waals surface area contributed by atoms with Crippen LogP contribution in [0.3, 0.4) is 0 Å². The van der Waals surface area contributed by atoms with Gasteiger partial charge >= 0.3 is 0 Å². The molecule has 3 aromatic rings. The second-order valence-electron chi connectivity index (χ2n) is 7.22. The Kier molecular flexibility index (Phi) is 7.50. The smallest absolute Gasteiger partial charge is 0.221 e. The van der Waals surface area contributed by atoms with Gasteiger partial charge in [0.05, 0.1) is 6.42 Å². The quantitative estimate of drug-likeness (QED) is 0.397. The number of carbonyl (C=O) groups is 1. The molecule has 0 saturated heterocycles. The normalized spacial score (nSPS) is 10.7. The van der Waals surface area contributed by atoms with E-state index in [9.17, 15) is 13.6 Å². The number of rotatable bonds is 10. The number of carbonyl (C=O) groups excluding carboxylic acids is 1. The van der Waals surface area contributed by atoms with Crippen LogP contribution < -0.4 is 22.1 Å². The SMILES string of the molecule is NCCCc1ccc(Nc2cc(NCc3cc(F)cc(F)c3)c(CC(N)=O)cn2)cc1. The van der Waals surface area contributed by atoms with E-state index in [0.29, 0.717) is 29.2 Å². The number of primary amides is 1. The van der Waals surface area contributed by atoms with Crippen molar-refractivity contribution in [2.75, 3.05) is 17.2 Å². The Morgan fingerprint density at radius 3 is 2.35 bits per heavy atom. The summed E-state index contributed by atoms with van der Waals surface area (Å²) in [6.07, 6.45) is 3.39. The highest BCUT2D eigenvalue weighted by Crippen LogP contribution is 2.23. The molecule has 6 N–H and O–H groups in total. The van der Waals surface area contributed by atoms with Gasteiger partial charge in [0.15, 0.2) is 0 Å². The molecule has 162 valence electrons. The van der Waals surface area contributed by atoms with Gasteiger partial charge < -0.3 is 22.1 Å². The fourth-order valence-electron chi connectivity index (χ4n) is 3.16. The molecule has 6 nitrogen and oxygen atoms in total. The minimum Gasteiger partial charge on any atom is -0.381 e. The first-order valence-corrected chi connectivity index (χ1v) is 9.95. The zero-order chi connectivity index (χ0) is 22.2. The van der Waals surface area contributed by atoms with Crippen molar-refractivity contribution in [3.05, 3.63) is 83.1 Å². The molecule has 1 aromatic heterocycles. The molecule has 3 rings (SSSR count). The zero-order valence-electron chi connectivity index (χ0n) is 17.0. The van der Waals surface area contributed by atoms with E-state index < -0.39 is 17.5 Å². The van der Waals surface area contributed by atoms with Crippen LogP contribution in [0.5, 0.6) is 0 Å². The summed E-state index contributed by atoms with van der Waals surface area (Å²) in [6, 6.07) is 13.0. The molecule has 0 radical (unpaired) electrons. The van der Waals surface area contributed by atoms with Crippen molar-refractivity contribution in [3.63, 3.8) is 0 Å². The molecule has 8 heteroatoms. The summed E-state index contributed by atoms with van der Waals surface area (Å²) in [4.78, 5) is 15.8. The molecule has 1 amide bonds. The van der Waals surface area contributed by atoms with Crippen LogP contribution in [0, 0.1) is 11.6 Å². The summed E-state index contributed by atoms with van der Waals surface area (Å²) in [7, 11) is 0. The Morgan fingerprint density at radius 1 is 1.00 bits per heavy atom. The maximum absolute atomic E-state index is 13.5. The van der Waals surface area contributed by atoms with E-state index in [4.69, 9.17) is 11.5 Å². The van der Waals surface area contributed by atoms with Crippen molar-refractivity contribution in [2.24, 2.45) is 11.5 Å². The minimum atomic E-state index is -0.652. The highest BCUT2D eigenvalue weighted by Gasteiger charge is 2.10. The van der Waals surface area contributed by atoms with Gasteiger partial charge in [0, 0.05) is 41.8 Å². The van der Waals surface area contributed by atoms with Crippen molar-refractivity contribution in [2.45, 2.75) is 25.8 Å². The first-order chi connectivity index (χ1) is 14.9. The highest BCUT2D eigenvalue weighted by molar-refractivity contribution is 5.79. The first kappa shape index (κ1) is 22.2. The van der Waals surface area contributed by atoms with Crippen LogP contribution in [-0.4, -0.2) is 17.4 Å². The average molecular weight is 425 g/mol. The molecule has 0 aliphatic rings. The summed E-state index contributed by atoms with van der Waals surface area (Å²) in [5.74, 6) is -1.26. The summed E-state index contributed by atoms with van der Waals surface area (Å²) >= 11 is 0. The number of nitrogens with two attached hydrogens (primary N) is 2. The van der Waals surface area contributed by atoms with Crippen molar-refractivity contribution in [1.82, 2.24) is 4.98 Å². The topological polar surface area (TPSA) is 106 Å². The molecule has 2 aromatic carbocycles. The molecule has 0 saturated carbocycles. The number of pyridine rings is 1. The molecule has 0 aliphatic heterocycles. The summed E-state index contributed by atoms with van der Waals surface area (Å²) in [6.45, 7) is 0.819. The summed E-state index contributed by atoms with van der Waals surface area (Å²) < 4.78 is 26.9. The van der Waals surface area contributed by atoms with Crippen molar-refractivity contribution in [1.29, 1.82) is 0 Å². The first-order valence-electron chi connectivity index (χ1n) is 9.95. The molecule has 31 heavy (non-hydrogen) atoms. The van der Waals surface area contributed by atoms with Gasteiger partial charge in [-0.3, -0.25) is 4.79 Å². The predicted octanol–water partition coefficient (Wildman–Crippen LogP) is 3.63. The standard InChI is InChI=1S/C23H25F2N5O/c24-18-8-16(9-19(25)11-18)13-28-21-12-23(29-14-17(21)10-22(27)31)30-20-5-3-15(4-6-20)2-1-7-26/h3-6,8-9,11-12,14H,1-2,7,10,13,26H2,(H2,27,31)(H2,28,29,30). The van der Waals surface area contributed by atoms with Crippen LogP contribution in [0.4, 0.5) is 26.0 Å². The third-order valence-electron chi connectivity index (χ3n) is 4.65. The lowest BCUT2D eigenvalue weighted by atomic mass is 10.1. The largest absolute Gasteiger partial charge is 0.381 e. The number of benzene rings is 2. The number of aromatic nitrogens is 1. The lowest BCUT2D eigenvalue weighted by molar-refractivity contribution is -0.117. The van der Waals surface area contributed by atoms with Crippen molar-refractivity contribution < 1.29 is 13.6 Å². The number of hydrogen-bond donors (Lipinski definition) is 4. The highest BCUT2D eigenvalue weighted by atomic mass is 19.1. The van der Waals surface area contributed by atoms with Gasteiger partial charge in [0.2, 0.25) is 5.91 Å². The van der Waals surface area contributed by atoms with Crippen LogP contribution in [0.1, 0.15) is 23.1 Å². The second kappa shape index (κ2) is 10.5. The summed E-state index contributed by atoms with van der Waals surface area (Å²) in [5.41, 5.74) is 14.6. The van der Waals surface area contributed by atoms with Crippen LogP contribution in [0.15, 0.2) is 54.7 Å². The van der Waals surface area contributed by atoms with Crippen molar-refractivity contribution >= 4 is 23.1 Å². The van der Waals surface area contributed by atoms with Gasteiger partial charge in [-0.2, -0.15) is 0 Å². The molecule has 0 fully saturated rings. The molecule has 1 heterocycles. The fourth-order valence-corrected chi connectivity index (χ4v) is 3.16. The second-order valence-corrected chi connectivity index (χ2v) is 7.22. The predicted molar refractivity (Wildman–Crippen MR) is 118 cm³/mol. The Bertz CT molecular complexity index is 1020. The van der Waals surface area contributed by atoms with Gasteiger partial charge in [0.25, 0.3) is 0 Å². The molecule has 0 aliphatic carbocycles. The van der Waals surface area contributed by atoms with E-state index in [-0.39, 0.29) is 13.0 Å². The minimum absolute atomic E-state index is 0.0109. The van der Waals surface area contributed by atoms with Gasteiger partial charge in [-0.15, -0.1) is 0 Å². The number of anilines is 3. The van der Waals surface area contributed by atoms with E-state index in [0.717, 1.165) is 24.6 Å². The molecular formula is C23H25F2N5O. The maximum atomic E-state index is 13.5. The third-order valence-corrected chi connectivity index (χ3v) is 4.65. The van der Waals surface area contributed by atoms with E-state index in [1.165, 1.54) is 17.7 Å². The molecular weight excluding hydrogens is 400 g/mol. The lowest BCUT2D eigenvalue weighted by Crippen LogP contribution is -2.15. The number of aryl methyl sites for hydroxylation is 1. The number of halogens is 2. The molecule has 0 spiro atoms. The molecule has 0 atom stereocenters. The van der Waals surface area contributed by atoms with Crippen LogP contribution in [0.25, 0.3) is 0 Å². The average Bonchev–Trinajstić information content (AvgIpc) is 2.72. The Morgan fingerprint density at radius 2 is 1.71 bits per heavy atom. The van der Waals surface area contributed by atoms with Crippen LogP contribution in [0.2, 0.25) is 0 Å². The number of nitrogens with one attached hydrogen (secondary N) is 2. The van der Waals surface area contributed by atoms with Gasteiger partial charge in [-0.05, 0) is 54.8 Å². The van der Waals surface area contributed by atoms with E-state index in [2.05, 4.69) is 15.6 Å². The van der Waals surface area contributed by atoms with Gasteiger partial charge in [0.1, 0.15) is 17.5 Å². The summed E-state index contributed by atoms with van der Waals surface area (Å²) in [5, 5.41) is 6.33. The Balaban J connectivity index is 1.76. The van der Waals surface area contributed by atoms with E-state index in [1.807, 2.05) is 24.3 Å². The van der Waals surface area contributed by atoms with E-state index >= 15 is 0 Å². The number of nitrogens with zero attached hydrogens (tertiary/aromatic N) is 1. The molecule has 0 bridgehead atoms.